The van der Waals surface area contributed by atoms with E-state index in [9.17, 15) is 4.79 Å². The van der Waals surface area contributed by atoms with Gasteiger partial charge in [-0.15, -0.1) is 0 Å². The molecule has 1 heterocycles. The Morgan fingerprint density at radius 2 is 2.27 bits per heavy atom. The van der Waals surface area contributed by atoms with E-state index >= 15 is 0 Å². The third-order valence-corrected chi connectivity index (χ3v) is 2.31. The van der Waals surface area contributed by atoms with Gasteiger partial charge in [-0.05, 0) is 18.2 Å². The lowest BCUT2D eigenvalue weighted by Crippen LogP contribution is -1.90. The molecule has 0 aliphatic rings. The van der Waals surface area contributed by atoms with Crippen LogP contribution in [-0.4, -0.2) is 4.98 Å². The summed E-state index contributed by atoms with van der Waals surface area (Å²) < 4.78 is 0.948. The van der Waals surface area contributed by atoms with Crippen LogP contribution in [0.15, 0.2) is 23.0 Å². The zero-order chi connectivity index (χ0) is 7.84. The van der Waals surface area contributed by atoms with Crippen LogP contribution in [0.3, 0.4) is 0 Å². The molecule has 0 amide bonds. The maximum atomic E-state index is 10.8. The monoisotopic (exact) mass is 166 g/mol. The lowest BCUT2D eigenvalue weighted by molar-refractivity contribution is 1.41. The molecule has 3 N–H and O–H groups in total. The van der Waals surface area contributed by atoms with Crippen molar-refractivity contribution in [1.82, 2.24) is 4.98 Å². The number of nitrogen functional groups attached to an aromatic ring is 1. The summed E-state index contributed by atoms with van der Waals surface area (Å²) in [6, 6.07) is 5.38. The van der Waals surface area contributed by atoms with E-state index in [-0.39, 0.29) is 4.87 Å². The van der Waals surface area contributed by atoms with Crippen molar-refractivity contribution in [3.8, 4) is 0 Å². The van der Waals surface area contributed by atoms with Crippen molar-refractivity contribution < 1.29 is 0 Å². The van der Waals surface area contributed by atoms with Gasteiger partial charge < -0.3 is 10.7 Å². The normalized spacial score (nSPS) is 10.5. The zero-order valence-electron chi connectivity index (χ0n) is 5.63. The van der Waals surface area contributed by atoms with E-state index < -0.39 is 0 Å². The molecule has 0 aliphatic carbocycles. The van der Waals surface area contributed by atoms with Crippen LogP contribution in [0.4, 0.5) is 5.69 Å². The van der Waals surface area contributed by atoms with E-state index in [4.69, 9.17) is 5.73 Å². The molecule has 4 heteroatoms. The highest BCUT2D eigenvalue weighted by Gasteiger charge is 1.97. The number of thiazole rings is 1. The van der Waals surface area contributed by atoms with Gasteiger partial charge in [-0.3, -0.25) is 4.79 Å². The lowest BCUT2D eigenvalue weighted by atomic mass is 10.3. The second kappa shape index (κ2) is 2.10. The first kappa shape index (κ1) is 6.42. The molecule has 56 valence electrons. The Bertz CT molecular complexity index is 443. The average molecular weight is 166 g/mol. The number of H-pyrrole nitrogens is 1. The van der Waals surface area contributed by atoms with Gasteiger partial charge in [0.1, 0.15) is 0 Å². The Labute approximate surface area is 66.5 Å². The first-order valence-electron chi connectivity index (χ1n) is 3.14. The standard InChI is InChI=1S/C7H6N2OS/c8-4-1-2-6-5(3-4)9-7(10)11-6/h1-3H,8H2,(H,9,10). The SMILES string of the molecule is Nc1ccc2sc(=O)[nH]c2c1. The topological polar surface area (TPSA) is 58.9 Å². The van der Waals surface area contributed by atoms with E-state index in [2.05, 4.69) is 4.98 Å². The first-order chi connectivity index (χ1) is 5.25. The molecule has 3 nitrogen and oxygen atoms in total. The van der Waals surface area contributed by atoms with Crippen LogP contribution < -0.4 is 10.6 Å². The first-order valence-corrected chi connectivity index (χ1v) is 3.96. The molecular weight excluding hydrogens is 160 g/mol. The molecule has 11 heavy (non-hydrogen) atoms. The Balaban J connectivity index is 2.92. The summed E-state index contributed by atoms with van der Waals surface area (Å²) in [6.45, 7) is 0. The van der Waals surface area contributed by atoms with E-state index in [1.807, 2.05) is 6.07 Å². The molecule has 2 aromatic rings. The Hall–Kier alpha value is -1.29. The van der Waals surface area contributed by atoms with Gasteiger partial charge in [0.2, 0.25) is 0 Å². The number of rotatable bonds is 0. The van der Waals surface area contributed by atoms with Gasteiger partial charge in [0.05, 0.1) is 10.2 Å². The minimum Gasteiger partial charge on any atom is -0.399 e. The number of benzene rings is 1. The van der Waals surface area contributed by atoms with Crippen molar-refractivity contribution in [2.75, 3.05) is 5.73 Å². The van der Waals surface area contributed by atoms with Crippen molar-refractivity contribution in [2.24, 2.45) is 0 Å². The summed E-state index contributed by atoms with van der Waals surface area (Å²) in [5.74, 6) is 0. The fraction of sp³-hybridized carbons (Fsp3) is 0. The quantitative estimate of drug-likeness (QED) is 0.577. The van der Waals surface area contributed by atoms with Gasteiger partial charge >= 0.3 is 4.87 Å². The number of nitrogens with two attached hydrogens (primary N) is 1. The van der Waals surface area contributed by atoms with Crippen molar-refractivity contribution in [3.63, 3.8) is 0 Å². The average Bonchev–Trinajstić information content (AvgIpc) is 2.27. The fourth-order valence-electron chi connectivity index (χ4n) is 0.970. The van der Waals surface area contributed by atoms with E-state index in [0.29, 0.717) is 5.69 Å². The molecular formula is C7H6N2OS. The number of anilines is 1. The lowest BCUT2D eigenvalue weighted by Gasteiger charge is -1.89. The minimum absolute atomic E-state index is 0.0365. The van der Waals surface area contributed by atoms with Crippen LogP contribution in [0.1, 0.15) is 0 Å². The maximum Gasteiger partial charge on any atom is 0.305 e. The maximum absolute atomic E-state index is 10.8. The molecule has 1 aromatic carbocycles. The molecule has 1 aromatic heterocycles. The molecule has 0 radical (unpaired) electrons. The molecule has 0 saturated heterocycles. The predicted molar refractivity (Wildman–Crippen MR) is 46.9 cm³/mol. The van der Waals surface area contributed by atoms with Gasteiger partial charge in [0, 0.05) is 5.69 Å². The highest BCUT2D eigenvalue weighted by molar-refractivity contribution is 7.16. The summed E-state index contributed by atoms with van der Waals surface area (Å²) in [6.07, 6.45) is 0. The Morgan fingerprint density at radius 1 is 1.45 bits per heavy atom. The summed E-state index contributed by atoms with van der Waals surface area (Å²) >= 11 is 1.19. The van der Waals surface area contributed by atoms with Crippen LogP contribution in [-0.2, 0) is 0 Å². The van der Waals surface area contributed by atoms with Crippen molar-refractivity contribution in [3.05, 3.63) is 27.9 Å². The fourth-order valence-corrected chi connectivity index (χ4v) is 1.69. The van der Waals surface area contributed by atoms with Gasteiger partial charge in [-0.1, -0.05) is 11.3 Å². The second-order valence-electron chi connectivity index (χ2n) is 2.27. The third kappa shape index (κ3) is 1.01. The van der Waals surface area contributed by atoms with Crippen LogP contribution in [0.25, 0.3) is 10.2 Å². The number of nitrogens with one attached hydrogen (secondary N) is 1. The second-order valence-corrected chi connectivity index (χ2v) is 3.28. The molecule has 0 fully saturated rings. The molecule has 0 spiro atoms. The van der Waals surface area contributed by atoms with Crippen molar-refractivity contribution in [2.45, 2.75) is 0 Å². The molecule has 0 saturated carbocycles. The van der Waals surface area contributed by atoms with Gasteiger partial charge in [-0.2, -0.15) is 0 Å². The van der Waals surface area contributed by atoms with E-state index in [1.165, 1.54) is 11.3 Å². The Kier molecular flexibility index (Phi) is 1.22. The molecule has 0 bridgehead atoms. The largest absolute Gasteiger partial charge is 0.399 e. The number of hydrogen-bond acceptors (Lipinski definition) is 3. The van der Waals surface area contributed by atoms with Gasteiger partial charge in [-0.25, -0.2) is 0 Å². The third-order valence-electron chi connectivity index (χ3n) is 1.44. The van der Waals surface area contributed by atoms with Gasteiger partial charge in [0.15, 0.2) is 0 Å². The van der Waals surface area contributed by atoms with E-state index in [0.717, 1.165) is 10.2 Å². The number of aromatic amines is 1. The van der Waals surface area contributed by atoms with Crippen LogP contribution >= 0.6 is 11.3 Å². The Morgan fingerprint density at radius 3 is 3.09 bits per heavy atom. The summed E-state index contributed by atoms with van der Waals surface area (Å²) in [5, 5.41) is 0. The summed E-state index contributed by atoms with van der Waals surface area (Å²) in [5.41, 5.74) is 7.01. The van der Waals surface area contributed by atoms with Crippen molar-refractivity contribution in [1.29, 1.82) is 0 Å². The number of fused-ring (bicyclic) bond motifs is 1. The highest BCUT2D eigenvalue weighted by Crippen LogP contribution is 2.16. The number of aromatic nitrogens is 1. The summed E-state index contributed by atoms with van der Waals surface area (Å²) in [7, 11) is 0. The molecule has 0 atom stereocenters. The number of hydrogen-bond donors (Lipinski definition) is 2. The molecule has 0 aliphatic heterocycles. The minimum atomic E-state index is -0.0365. The zero-order valence-corrected chi connectivity index (χ0v) is 6.44. The van der Waals surface area contributed by atoms with Gasteiger partial charge in [0.25, 0.3) is 0 Å². The summed E-state index contributed by atoms with van der Waals surface area (Å²) in [4.78, 5) is 13.5. The smallest absolute Gasteiger partial charge is 0.305 e. The molecule has 0 unspecified atom stereocenters. The highest BCUT2D eigenvalue weighted by atomic mass is 32.1. The predicted octanol–water partition coefficient (Wildman–Crippen LogP) is 1.17. The van der Waals surface area contributed by atoms with Crippen LogP contribution in [0, 0.1) is 0 Å². The van der Waals surface area contributed by atoms with Crippen LogP contribution in [0.5, 0.6) is 0 Å². The van der Waals surface area contributed by atoms with Crippen molar-refractivity contribution >= 4 is 27.2 Å². The molecule has 2 rings (SSSR count). The van der Waals surface area contributed by atoms with E-state index in [1.54, 1.807) is 12.1 Å². The van der Waals surface area contributed by atoms with Crippen LogP contribution in [0.2, 0.25) is 0 Å².